The fourth-order valence-electron chi connectivity index (χ4n) is 1.13. The molecule has 2 unspecified atom stereocenters. The highest BCUT2D eigenvalue weighted by molar-refractivity contribution is 5.35. The van der Waals surface area contributed by atoms with E-state index in [1.54, 1.807) is 6.07 Å². The minimum atomic E-state index is -1.35. The zero-order valence-electron chi connectivity index (χ0n) is 7.76. The van der Waals surface area contributed by atoms with Crippen LogP contribution in [-0.4, -0.2) is 28.0 Å². The Morgan fingerprint density at radius 3 is 2.60 bits per heavy atom. The molecule has 1 aromatic rings. The van der Waals surface area contributed by atoms with Gasteiger partial charge in [-0.25, -0.2) is 4.39 Å². The van der Waals surface area contributed by atoms with Crippen molar-refractivity contribution in [3.05, 3.63) is 35.1 Å². The van der Waals surface area contributed by atoms with Crippen molar-refractivity contribution in [3.63, 3.8) is 0 Å². The molecular weight excluding hydrogens is 201 g/mol. The maximum atomic E-state index is 12.9. The molecule has 2 atom stereocenters. The molecule has 0 saturated heterocycles. The minimum absolute atomic E-state index is 0.189. The van der Waals surface area contributed by atoms with E-state index in [1.807, 2.05) is 0 Å². The highest BCUT2D eigenvalue weighted by Gasteiger charge is 2.18. The molecule has 0 fully saturated rings. The Labute approximate surface area is 85.8 Å². The van der Waals surface area contributed by atoms with Gasteiger partial charge in [0.2, 0.25) is 0 Å². The van der Waals surface area contributed by atoms with Crippen molar-refractivity contribution in [1.82, 2.24) is 0 Å². The second-order valence-electron chi connectivity index (χ2n) is 3.05. The summed E-state index contributed by atoms with van der Waals surface area (Å²) in [6.45, 7) is -0.611. The number of rotatable bonds is 3. The van der Waals surface area contributed by atoms with Gasteiger partial charge in [0.1, 0.15) is 24.1 Å². The van der Waals surface area contributed by atoms with Crippen LogP contribution in [0.3, 0.4) is 0 Å². The molecule has 0 aliphatic rings. The van der Waals surface area contributed by atoms with E-state index in [1.165, 1.54) is 6.07 Å². The molecule has 0 aliphatic carbocycles. The topological polar surface area (TPSA) is 84.5 Å². The summed E-state index contributed by atoms with van der Waals surface area (Å²) in [7, 11) is 0. The standard InChI is InChI=1S/C10H10FNO3/c11-8-2-1-6(3-7(8)4-12)10(15)9(14)5-13/h1-3,9-10,13-15H,5H2. The van der Waals surface area contributed by atoms with Crippen molar-refractivity contribution in [2.75, 3.05) is 6.61 Å². The third kappa shape index (κ3) is 2.50. The Balaban J connectivity index is 3.02. The van der Waals surface area contributed by atoms with E-state index >= 15 is 0 Å². The predicted octanol–water partition coefficient (Wildman–Crippen LogP) is 0.0840. The van der Waals surface area contributed by atoms with Crippen LogP contribution in [0.4, 0.5) is 4.39 Å². The molecule has 0 amide bonds. The zero-order valence-corrected chi connectivity index (χ0v) is 7.76. The quantitative estimate of drug-likeness (QED) is 0.661. The zero-order chi connectivity index (χ0) is 11.4. The summed E-state index contributed by atoms with van der Waals surface area (Å²) in [6, 6.07) is 5.03. The molecule has 4 nitrogen and oxygen atoms in total. The van der Waals surface area contributed by atoms with Gasteiger partial charge in [0, 0.05) is 0 Å². The van der Waals surface area contributed by atoms with Crippen LogP contribution in [0.25, 0.3) is 0 Å². The second-order valence-corrected chi connectivity index (χ2v) is 3.05. The van der Waals surface area contributed by atoms with Crippen molar-refractivity contribution >= 4 is 0 Å². The summed E-state index contributed by atoms with van der Waals surface area (Å²) >= 11 is 0. The number of halogens is 1. The number of aliphatic hydroxyl groups excluding tert-OH is 3. The molecule has 5 heteroatoms. The maximum absolute atomic E-state index is 12.9. The summed E-state index contributed by atoms with van der Waals surface area (Å²) in [4.78, 5) is 0. The lowest BCUT2D eigenvalue weighted by Gasteiger charge is -2.15. The Morgan fingerprint density at radius 1 is 1.40 bits per heavy atom. The Hall–Kier alpha value is -1.48. The fourth-order valence-corrected chi connectivity index (χ4v) is 1.13. The SMILES string of the molecule is N#Cc1cc(C(O)C(O)CO)ccc1F. The molecule has 0 spiro atoms. The summed E-state index contributed by atoms with van der Waals surface area (Å²) in [6.07, 6.45) is -2.68. The smallest absolute Gasteiger partial charge is 0.140 e. The molecule has 0 heterocycles. The second kappa shape index (κ2) is 4.84. The summed E-state index contributed by atoms with van der Waals surface area (Å²) < 4.78 is 12.9. The highest BCUT2D eigenvalue weighted by Crippen LogP contribution is 2.19. The lowest BCUT2D eigenvalue weighted by atomic mass is 10.0. The number of hydrogen-bond donors (Lipinski definition) is 3. The maximum Gasteiger partial charge on any atom is 0.140 e. The fraction of sp³-hybridized carbons (Fsp3) is 0.300. The Bertz CT molecular complexity index is 389. The van der Waals surface area contributed by atoms with E-state index in [-0.39, 0.29) is 11.1 Å². The minimum Gasteiger partial charge on any atom is -0.394 e. The van der Waals surface area contributed by atoms with Crippen LogP contribution in [-0.2, 0) is 0 Å². The van der Waals surface area contributed by atoms with Crippen molar-refractivity contribution in [3.8, 4) is 6.07 Å². The first-order chi connectivity index (χ1) is 7.10. The first-order valence-corrected chi connectivity index (χ1v) is 4.26. The normalized spacial score (nSPS) is 14.3. The number of nitriles is 1. The molecule has 0 aliphatic heterocycles. The van der Waals surface area contributed by atoms with Crippen LogP contribution in [0.15, 0.2) is 18.2 Å². The van der Waals surface area contributed by atoms with Crippen LogP contribution in [0, 0.1) is 17.1 Å². The van der Waals surface area contributed by atoms with Crippen LogP contribution in [0.2, 0.25) is 0 Å². The molecule has 1 rings (SSSR count). The van der Waals surface area contributed by atoms with Crippen molar-refractivity contribution in [2.24, 2.45) is 0 Å². The van der Waals surface area contributed by atoms with Gasteiger partial charge < -0.3 is 15.3 Å². The number of nitrogens with zero attached hydrogens (tertiary/aromatic N) is 1. The van der Waals surface area contributed by atoms with E-state index < -0.39 is 24.6 Å². The third-order valence-electron chi connectivity index (χ3n) is 2.00. The Morgan fingerprint density at radius 2 is 2.07 bits per heavy atom. The van der Waals surface area contributed by atoms with Gasteiger partial charge in [-0.1, -0.05) is 6.07 Å². The number of benzene rings is 1. The predicted molar refractivity (Wildman–Crippen MR) is 49.2 cm³/mol. The number of hydrogen-bond acceptors (Lipinski definition) is 4. The lowest BCUT2D eigenvalue weighted by molar-refractivity contribution is -0.0152. The van der Waals surface area contributed by atoms with Gasteiger partial charge in [0.05, 0.1) is 12.2 Å². The largest absolute Gasteiger partial charge is 0.394 e. The van der Waals surface area contributed by atoms with Gasteiger partial charge in [-0.3, -0.25) is 0 Å². The summed E-state index contributed by atoms with van der Waals surface area (Å²) in [5.41, 5.74) is -0.0220. The Kier molecular flexibility index (Phi) is 3.74. The summed E-state index contributed by atoms with van der Waals surface area (Å²) in [5, 5.41) is 35.7. The molecular formula is C10H10FNO3. The van der Waals surface area contributed by atoms with Gasteiger partial charge in [-0.05, 0) is 17.7 Å². The van der Waals surface area contributed by atoms with E-state index in [4.69, 9.17) is 15.5 Å². The molecule has 0 saturated carbocycles. The molecule has 15 heavy (non-hydrogen) atoms. The van der Waals surface area contributed by atoms with Crippen LogP contribution in [0.1, 0.15) is 17.2 Å². The molecule has 0 radical (unpaired) electrons. The van der Waals surface area contributed by atoms with Gasteiger partial charge in [0.25, 0.3) is 0 Å². The monoisotopic (exact) mass is 211 g/mol. The van der Waals surface area contributed by atoms with Gasteiger partial charge in [-0.2, -0.15) is 5.26 Å². The molecule has 3 N–H and O–H groups in total. The molecule has 80 valence electrons. The van der Waals surface area contributed by atoms with Gasteiger partial charge >= 0.3 is 0 Å². The van der Waals surface area contributed by atoms with Crippen molar-refractivity contribution in [2.45, 2.75) is 12.2 Å². The highest BCUT2D eigenvalue weighted by atomic mass is 19.1. The molecule has 1 aromatic carbocycles. The van der Waals surface area contributed by atoms with Crippen LogP contribution < -0.4 is 0 Å². The average molecular weight is 211 g/mol. The van der Waals surface area contributed by atoms with E-state index in [2.05, 4.69) is 0 Å². The molecule has 0 aromatic heterocycles. The van der Waals surface area contributed by atoms with Crippen molar-refractivity contribution in [1.29, 1.82) is 5.26 Å². The van der Waals surface area contributed by atoms with E-state index in [0.717, 1.165) is 12.1 Å². The van der Waals surface area contributed by atoms with Crippen LogP contribution >= 0.6 is 0 Å². The molecule has 0 bridgehead atoms. The van der Waals surface area contributed by atoms with Gasteiger partial charge in [-0.15, -0.1) is 0 Å². The van der Waals surface area contributed by atoms with Crippen molar-refractivity contribution < 1.29 is 19.7 Å². The van der Waals surface area contributed by atoms with Crippen LogP contribution in [0.5, 0.6) is 0 Å². The third-order valence-corrected chi connectivity index (χ3v) is 2.00. The van der Waals surface area contributed by atoms with E-state index in [0.29, 0.717) is 0 Å². The lowest BCUT2D eigenvalue weighted by Crippen LogP contribution is -2.22. The van der Waals surface area contributed by atoms with Gasteiger partial charge in [0.15, 0.2) is 0 Å². The number of aliphatic hydroxyl groups is 3. The first kappa shape index (κ1) is 11.6. The summed E-state index contributed by atoms with van der Waals surface area (Å²) in [5.74, 6) is -0.688. The average Bonchev–Trinajstić information content (AvgIpc) is 2.27. The first-order valence-electron chi connectivity index (χ1n) is 4.26. The van der Waals surface area contributed by atoms with E-state index in [9.17, 15) is 9.50 Å².